The lowest BCUT2D eigenvalue weighted by molar-refractivity contribution is -0.117. The lowest BCUT2D eigenvalue weighted by Gasteiger charge is -2.14. The number of nitrogens with one attached hydrogen (secondary N) is 1. The highest BCUT2D eigenvalue weighted by Crippen LogP contribution is 2.22. The number of hydrogen-bond donors (Lipinski definition) is 1. The molecule has 1 heterocycles. The number of carbonyl (C=O) groups excluding carboxylic acids is 1. The highest BCUT2D eigenvalue weighted by Gasteiger charge is 2.35. The van der Waals surface area contributed by atoms with Gasteiger partial charge in [-0.15, -0.1) is 0 Å². The molecule has 2 aromatic rings. The van der Waals surface area contributed by atoms with E-state index in [1.54, 1.807) is 16.7 Å². The highest BCUT2D eigenvalue weighted by molar-refractivity contribution is 7.98. The van der Waals surface area contributed by atoms with Crippen LogP contribution >= 0.6 is 24.0 Å². The van der Waals surface area contributed by atoms with Crippen LogP contribution in [0.15, 0.2) is 60.7 Å². The molecule has 0 aromatic heterocycles. The van der Waals surface area contributed by atoms with Gasteiger partial charge in [0, 0.05) is 11.5 Å². The van der Waals surface area contributed by atoms with E-state index in [0.717, 1.165) is 11.4 Å². The van der Waals surface area contributed by atoms with E-state index in [4.69, 9.17) is 12.2 Å². The van der Waals surface area contributed by atoms with E-state index in [-0.39, 0.29) is 11.9 Å². The van der Waals surface area contributed by atoms with Crippen LogP contribution in [-0.2, 0) is 10.5 Å². The molecule has 5 heteroatoms. The Morgan fingerprint density at radius 2 is 1.68 bits per heavy atom. The molecule has 0 saturated carbocycles. The van der Waals surface area contributed by atoms with Crippen molar-refractivity contribution in [3.05, 3.63) is 66.2 Å². The molecular formula is C17H16N2OS2. The van der Waals surface area contributed by atoms with Gasteiger partial charge >= 0.3 is 0 Å². The number of nitrogens with zero attached hydrogens (tertiary/aromatic N) is 1. The van der Waals surface area contributed by atoms with E-state index in [0.29, 0.717) is 10.9 Å². The first-order valence-electron chi connectivity index (χ1n) is 7.07. The number of carbonyl (C=O) groups is 1. The maximum atomic E-state index is 12.5. The summed E-state index contributed by atoms with van der Waals surface area (Å²) in [5.41, 5.74) is 2.08. The van der Waals surface area contributed by atoms with Crippen molar-refractivity contribution >= 4 is 40.7 Å². The maximum Gasteiger partial charge on any atom is 0.256 e. The molecule has 1 fully saturated rings. The monoisotopic (exact) mass is 328 g/mol. The molecule has 112 valence electrons. The molecule has 3 nitrogen and oxygen atoms in total. The first-order valence-corrected chi connectivity index (χ1v) is 8.63. The molecule has 22 heavy (non-hydrogen) atoms. The number of rotatable bonds is 5. The average molecular weight is 328 g/mol. The van der Waals surface area contributed by atoms with Crippen LogP contribution in [0.5, 0.6) is 0 Å². The number of thiocarbonyl (C=S) groups is 1. The zero-order valence-corrected chi connectivity index (χ0v) is 13.6. The summed E-state index contributed by atoms with van der Waals surface area (Å²) in [6.45, 7) is 0. The van der Waals surface area contributed by atoms with Crippen molar-refractivity contribution in [2.24, 2.45) is 0 Å². The van der Waals surface area contributed by atoms with Gasteiger partial charge in [0.25, 0.3) is 5.91 Å². The van der Waals surface area contributed by atoms with Gasteiger partial charge in [-0.1, -0.05) is 48.5 Å². The summed E-state index contributed by atoms with van der Waals surface area (Å²) in [5, 5.41) is 3.61. The standard InChI is InChI=1S/C17H16N2OS2/c20-16-15(12-22-11-13-7-3-1-4-8-13)18-17(21)19(16)14-9-5-2-6-10-14/h1-10,15H,11-12H2,(H,18,21)/t15-/m1/s1. The Hall–Kier alpha value is -1.85. The highest BCUT2D eigenvalue weighted by atomic mass is 32.2. The predicted octanol–water partition coefficient (Wildman–Crippen LogP) is 3.21. The van der Waals surface area contributed by atoms with Gasteiger partial charge in [0.05, 0.1) is 5.69 Å². The summed E-state index contributed by atoms with van der Waals surface area (Å²) >= 11 is 7.04. The number of hydrogen-bond acceptors (Lipinski definition) is 3. The molecule has 0 unspecified atom stereocenters. The molecule has 0 bridgehead atoms. The molecule has 1 atom stereocenters. The van der Waals surface area contributed by atoms with Crippen molar-refractivity contribution in [3.63, 3.8) is 0 Å². The van der Waals surface area contributed by atoms with E-state index in [1.807, 2.05) is 48.5 Å². The summed E-state index contributed by atoms with van der Waals surface area (Å²) in [6, 6.07) is 19.5. The van der Waals surface area contributed by atoms with Crippen LogP contribution in [0.4, 0.5) is 5.69 Å². The van der Waals surface area contributed by atoms with Gasteiger partial charge < -0.3 is 5.32 Å². The fraction of sp³-hybridized carbons (Fsp3) is 0.176. The molecule has 1 aliphatic rings. The van der Waals surface area contributed by atoms with E-state index < -0.39 is 0 Å². The molecule has 3 rings (SSSR count). The molecular weight excluding hydrogens is 312 g/mol. The van der Waals surface area contributed by atoms with Crippen LogP contribution in [0, 0.1) is 0 Å². The summed E-state index contributed by atoms with van der Waals surface area (Å²) in [7, 11) is 0. The number of thioether (sulfide) groups is 1. The maximum absolute atomic E-state index is 12.5. The Labute approximate surface area is 139 Å². The predicted molar refractivity (Wildman–Crippen MR) is 96.1 cm³/mol. The Kier molecular flexibility index (Phi) is 4.75. The third-order valence-corrected chi connectivity index (χ3v) is 4.84. The molecule has 1 amide bonds. The van der Waals surface area contributed by atoms with Gasteiger partial charge in [-0.25, -0.2) is 0 Å². The van der Waals surface area contributed by atoms with E-state index in [2.05, 4.69) is 17.4 Å². The second-order valence-corrected chi connectivity index (χ2v) is 6.43. The quantitative estimate of drug-likeness (QED) is 0.854. The number of amides is 1. The van der Waals surface area contributed by atoms with Crippen molar-refractivity contribution in [1.29, 1.82) is 0 Å². The van der Waals surface area contributed by atoms with Crippen LogP contribution in [0.1, 0.15) is 5.56 Å². The van der Waals surface area contributed by atoms with Crippen molar-refractivity contribution in [2.75, 3.05) is 10.7 Å². The Morgan fingerprint density at radius 3 is 2.36 bits per heavy atom. The smallest absolute Gasteiger partial charge is 0.256 e. The minimum absolute atomic E-state index is 0.0248. The van der Waals surface area contributed by atoms with Crippen molar-refractivity contribution in [1.82, 2.24) is 5.32 Å². The third kappa shape index (κ3) is 3.31. The molecule has 1 saturated heterocycles. The van der Waals surface area contributed by atoms with Gasteiger partial charge in [0.15, 0.2) is 5.11 Å². The second kappa shape index (κ2) is 6.94. The lowest BCUT2D eigenvalue weighted by Crippen LogP contribution is -2.32. The summed E-state index contributed by atoms with van der Waals surface area (Å²) in [4.78, 5) is 14.1. The second-order valence-electron chi connectivity index (χ2n) is 5.01. The Morgan fingerprint density at radius 1 is 1.05 bits per heavy atom. The van der Waals surface area contributed by atoms with Crippen LogP contribution < -0.4 is 10.2 Å². The zero-order valence-electron chi connectivity index (χ0n) is 11.9. The van der Waals surface area contributed by atoms with Crippen LogP contribution in [0.2, 0.25) is 0 Å². The normalized spacial score (nSPS) is 17.6. The van der Waals surface area contributed by atoms with Gasteiger partial charge in [-0.05, 0) is 29.9 Å². The van der Waals surface area contributed by atoms with Crippen molar-refractivity contribution in [3.8, 4) is 0 Å². The third-order valence-electron chi connectivity index (χ3n) is 3.43. The largest absolute Gasteiger partial charge is 0.349 e. The Bertz CT molecular complexity index is 661. The van der Waals surface area contributed by atoms with E-state index in [1.165, 1.54) is 5.56 Å². The molecule has 0 spiro atoms. The van der Waals surface area contributed by atoms with Crippen molar-refractivity contribution in [2.45, 2.75) is 11.8 Å². The molecule has 0 radical (unpaired) electrons. The van der Waals surface area contributed by atoms with Crippen LogP contribution in [0.25, 0.3) is 0 Å². The van der Waals surface area contributed by atoms with Crippen LogP contribution in [-0.4, -0.2) is 22.8 Å². The summed E-state index contributed by atoms with van der Waals surface area (Å²) < 4.78 is 0. The Balaban J connectivity index is 1.60. The van der Waals surface area contributed by atoms with Crippen LogP contribution in [0.3, 0.4) is 0 Å². The van der Waals surface area contributed by atoms with Gasteiger partial charge in [0.2, 0.25) is 0 Å². The fourth-order valence-corrected chi connectivity index (χ4v) is 3.68. The van der Waals surface area contributed by atoms with Gasteiger partial charge in [-0.2, -0.15) is 11.8 Å². The SMILES string of the molecule is O=C1[C@@H](CSCc2ccccc2)NC(=S)N1c1ccccc1. The first-order chi connectivity index (χ1) is 10.8. The number of para-hydroxylation sites is 1. The van der Waals surface area contributed by atoms with Gasteiger partial charge in [0.1, 0.15) is 6.04 Å². The molecule has 0 aliphatic carbocycles. The molecule has 1 N–H and O–H groups in total. The number of anilines is 1. The average Bonchev–Trinajstić information content (AvgIpc) is 2.83. The minimum Gasteiger partial charge on any atom is -0.349 e. The van der Waals surface area contributed by atoms with E-state index in [9.17, 15) is 4.79 Å². The van der Waals surface area contributed by atoms with Crippen molar-refractivity contribution < 1.29 is 4.79 Å². The number of benzene rings is 2. The zero-order chi connectivity index (χ0) is 15.4. The fourth-order valence-electron chi connectivity index (χ4n) is 2.33. The molecule has 1 aliphatic heterocycles. The topological polar surface area (TPSA) is 32.3 Å². The minimum atomic E-state index is -0.249. The summed E-state index contributed by atoms with van der Waals surface area (Å²) in [5.74, 6) is 1.62. The first kappa shape index (κ1) is 15.1. The molecule has 2 aromatic carbocycles. The lowest BCUT2D eigenvalue weighted by atomic mass is 10.2. The summed E-state index contributed by atoms with van der Waals surface area (Å²) in [6.07, 6.45) is 0. The van der Waals surface area contributed by atoms with Gasteiger partial charge in [-0.3, -0.25) is 9.69 Å². The van der Waals surface area contributed by atoms with E-state index >= 15 is 0 Å².